The zero-order chi connectivity index (χ0) is 15.3. The fraction of sp³-hybridized carbons (Fsp3) is 0.462. The molecule has 0 aliphatic rings. The van der Waals surface area contributed by atoms with Gasteiger partial charge in [-0.1, -0.05) is 19.1 Å². The quantitative estimate of drug-likeness (QED) is 0.757. The Kier molecular flexibility index (Phi) is 5.52. The number of nitrogen functional groups attached to an aromatic ring is 1. The second-order valence-electron chi connectivity index (χ2n) is 4.38. The number of nitrogens with one attached hydrogen (secondary N) is 1. The van der Waals surface area contributed by atoms with Gasteiger partial charge < -0.3 is 11.1 Å². The molecule has 0 bridgehead atoms. The molecule has 1 aromatic carbocycles. The average Bonchev–Trinajstić information content (AvgIpc) is 2.35. The molecular weight excluding hydrogens is 278 g/mol. The van der Waals surface area contributed by atoms with E-state index in [9.17, 15) is 13.2 Å². The summed E-state index contributed by atoms with van der Waals surface area (Å²) in [5.41, 5.74) is 6.55. The van der Waals surface area contributed by atoms with Crippen LogP contribution in [0.15, 0.2) is 23.1 Å². The van der Waals surface area contributed by atoms with Gasteiger partial charge in [0.15, 0.2) is 0 Å². The van der Waals surface area contributed by atoms with Gasteiger partial charge in [-0.2, -0.15) is 4.31 Å². The van der Waals surface area contributed by atoms with Crippen LogP contribution in [0.25, 0.3) is 0 Å². The minimum absolute atomic E-state index is 0.0751. The zero-order valence-electron chi connectivity index (χ0n) is 12.0. The Bertz CT molecular complexity index is 564. The van der Waals surface area contributed by atoms with Crippen LogP contribution in [0.5, 0.6) is 0 Å². The number of amides is 1. The van der Waals surface area contributed by atoms with Gasteiger partial charge in [0.25, 0.3) is 0 Å². The van der Waals surface area contributed by atoms with Gasteiger partial charge in [0, 0.05) is 13.1 Å². The monoisotopic (exact) mass is 299 g/mol. The predicted molar refractivity (Wildman–Crippen MR) is 78.7 cm³/mol. The number of anilines is 1. The van der Waals surface area contributed by atoms with E-state index in [1.165, 1.54) is 0 Å². The largest absolute Gasteiger partial charge is 0.398 e. The lowest BCUT2D eigenvalue weighted by atomic mass is 10.2. The van der Waals surface area contributed by atoms with Gasteiger partial charge >= 0.3 is 0 Å². The highest BCUT2D eigenvalue weighted by molar-refractivity contribution is 7.89. The van der Waals surface area contributed by atoms with Crippen molar-refractivity contribution in [2.75, 3.05) is 25.4 Å². The molecule has 0 aliphatic carbocycles. The van der Waals surface area contributed by atoms with Crippen LogP contribution in [0.3, 0.4) is 0 Å². The zero-order valence-corrected chi connectivity index (χ0v) is 12.8. The average molecular weight is 299 g/mol. The van der Waals surface area contributed by atoms with E-state index in [1.54, 1.807) is 39.0 Å². The van der Waals surface area contributed by atoms with Crippen molar-refractivity contribution in [2.45, 2.75) is 25.7 Å². The van der Waals surface area contributed by atoms with Crippen LogP contribution in [0.1, 0.15) is 19.4 Å². The molecule has 1 rings (SSSR count). The van der Waals surface area contributed by atoms with Crippen molar-refractivity contribution in [3.63, 3.8) is 0 Å². The number of sulfonamides is 1. The Morgan fingerprint density at radius 2 is 2.00 bits per heavy atom. The predicted octanol–water partition coefficient (Wildman–Crippen LogP) is 0.724. The molecule has 1 amide bonds. The molecule has 0 spiro atoms. The number of benzene rings is 1. The molecule has 0 saturated heterocycles. The summed E-state index contributed by atoms with van der Waals surface area (Å²) in [7, 11) is -3.78. The highest BCUT2D eigenvalue weighted by Gasteiger charge is 2.28. The van der Waals surface area contributed by atoms with E-state index in [2.05, 4.69) is 5.32 Å². The molecular formula is C13H21N3O3S. The molecule has 0 radical (unpaired) electrons. The molecule has 20 heavy (non-hydrogen) atoms. The SMILES string of the molecule is CCNC(=O)CN(CC)S(=O)(=O)c1c(C)cccc1N. The van der Waals surface area contributed by atoms with E-state index in [0.29, 0.717) is 12.1 Å². The standard InChI is InChI=1S/C13H21N3O3S/c1-4-15-12(17)9-16(5-2)20(18,19)13-10(3)7-6-8-11(13)14/h6-8H,4-5,9,14H2,1-3H3,(H,15,17). The molecule has 0 aromatic heterocycles. The first-order valence-electron chi connectivity index (χ1n) is 6.46. The summed E-state index contributed by atoms with van der Waals surface area (Å²) in [6, 6.07) is 4.92. The van der Waals surface area contributed by atoms with E-state index < -0.39 is 10.0 Å². The molecule has 0 fully saturated rings. The van der Waals surface area contributed by atoms with Crippen molar-refractivity contribution in [3.8, 4) is 0 Å². The molecule has 0 aliphatic heterocycles. The van der Waals surface area contributed by atoms with E-state index >= 15 is 0 Å². The molecule has 0 saturated carbocycles. The van der Waals surface area contributed by atoms with E-state index in [4.69, 9.17) is 5.73 Å². The van der Waals surface area contributed by atoms with Gasteiger partial charge in [-0.25, -0.2) is 8.42 Å². The number of hydrogen-bond donors (Lipinski definition) is 2. The smallest absolute Gasteiger partial charge is 0.245 e. The first-order chi connectivity index (χ1) is 9.34. The maximum Gasteiger partial charge on any atom is 0.245 e. The molecule has 0 unspecified atom stereocenters. The van der Waals surface area contributed by atoms with Crippen molar-refractivity contribution in [3.05, 3.63) is 23.8 Å². The molecule has 3 N–H and O–H groups in total. The normalized spacial score (nSPS) is 11.6. The summed E-state index contributed by atoms with van der Waals surface area (Å²) in [5, 5.41) is 2.59. The van der Waals surface area contributed by atoms with E-state index in [1.807, 2.05) is 0 Å². The van der Waals surface area contributed by atoms with Crippen LogP contribution in [-0.4, -0.2) is 38.3 Å². The van der Waals surface area contributed by atoms with Gasteiger partial charge in [-0.3, -0.25) is 4.79 Å². The molecule has 7 heteroatoms. The number of likely N-dealkylation sites (N-methyl/N-ethyl adjacent to an activating group) is 2. The Labute approximate surface area is 120 Å². The number of hydrogen-bond acceptors (Lipinski definition) is 4. The van der Waals surface area contributed by atoms with Gasteiger partial charge in [0.2, 0.25) is 15.9 Å². The summed E-state index contributed by atoms with van der Waals surface area (Å²) >= 11 is 0. The van der Waals surface area contributed by atoms with Crippen LogP contribution in [-0.2, 0) is 14.8 Å². The van der Waals surface area contributed by atoms with Gasteiger partial charge in [0.05, 0.1) is 12.2 Å². The van der Waals surface area contributed by atoms with Crippen LogP contribution in [0.2, 0.25) is 0 Å². The lowest BCUT2D eigenvalue weighted by Gasteiger charge is -2.22. The maximum absolute atomic E-state index is 12.6. The minimum Gasteiger partial charge on any atom is -0.398 e. The summed E-state index contributed by atoms with van der Waals surface area (Å²) in [6.07, 6.45) is 0. The van der Waals surface area contributed by atoms with E-state index in [-0.39, 0.29) is 29.6 Å². The highest BCUT2D eigenvalue weighted by Crippen LogP contribution is 2.25. The van der Waals surface area contributed by atoms with Crippen molar-refractivity contribution in [2.24, 2.45) is 0 Å². The second-order valence-corrected chi connectivity index (χ2v) is 6.25. The molecule has 0 atom stereocenters. The molecule has 112 valence electrons. The summed E-state index contributed by atoms with van der Waals surface area (Å²) in [6.45, 7) is 5.60. The van der Waals surface area contributed by atoms with Crippen molar-refractivity contribution >= 4 is 21.6 Å². The van der Waals surface area contributed by atoms with Gasteiger partial charge in [-0.15, -0.1) is 0 Å². The minimum atomic E-state index is -3.78. The number of carbonyl (C=O) groups is 1. The van der Waals surface area contributed by atoms with Crippen molar-refractivity contribution < 1.29 is 13.2 Å². The lowest BCUT2D eigenvalue weighted by Crippen LogP contribution is -2.40. The third-order valence-corrected chi connectivity index (χ3v) is 5.03. The Balaban J connectivity index is 3.16. The number of nitrogens with zero attached hydrogens (tertiary/aromatic N) is 1. The Morgan fingerprint density at radius 1 is 1.35 bits per heavy atom. The van der Waals surface area contributed by atoms with Gasteiger partial charge in [-0.05, 0) is 25.5 Å². The molecule has 1 aromatic rings. The molecule has 0 heterocycles. The summed E-state index contributed by atoms with van der Waals surface area (Å²) in [5.74, 6) is -0.329. The summed E-state index contributed by atoms with van der Waals surface area (Å²) < 4.78 is 26.3. The number of rotatable bonds is 6. The number of aryl methyl sites for hydroxylation is 1. The van der Waals surface area contributed by atoms with E-state index in [0.717, 1.165) is 4.31 Å². The Hall–Kier alpha value is -1.60. The third-order valence-electron chi connectivity index (χ3n) is 2.89. The fourth-order valence-electron chi connectivity index (χ4n) is 1.94. The Morgan fingerprint density at radius 3 is 2.50 bits per heavy atom. The number of carbonyl (C=O) groups excluding carboxylic acids is 1. The van der Waals surface area contributed by atoms with Crippen LogP contribution >= 0.6 is 0 Å². The highest BCUT2D eigenvalue weighted by atomic mass is 32.2. The first kappa shape index (κ1) is 16.5. The fourth-order valence-corrected chi connectivity index (χ4v) is 3.66. The van der Waals surface area contributed by atoms with Crippen LogP contribution < -0.4 is 11.1 Å². The first-order valence-corrected chi connectivity index (χ1v) is 7.90. The maximum atomic E-state index is 12.6. The summed E-state index contributed by atoms with van der Waals surface area (Å²) in [4.78, 5) is 11.7. The van der Waals surface area contributed by atoms with Crippen LogP contribution in [0.4, 0.5) is 5.69 Å². The van der Waals surface area contributed by atoms with Gasteiger partial charge in [0.1, 0.15) is 4.90 Å². The lowest BCUT2D eigenvalue weighted by molar-refractivity contribution is -0.121. The second kappa shape index (κ2) is 6.71. The number of nitrogens with two attached hydrogens (primary N) is 1. The topological polar surface area (TPSA) is 92.5 Å². The van der Waals surface area contributed by atoms with Crippen LogP contribution in [0, 0.1) is 6.92 Å². The third kappa shape index (κ3) is 3.49. The molecule has 6 nitrogen and oxygen atoms in total. The van der Waals surface area contributed by atoms with Crippen molar-refractivity contribution in [1.29, 1.82) is 0 Å². The van der Waals surface area contributed by atoms with Crippen molar-refractivity contribution in [1.82, 2.24) is 9.62 Å².